The summed E-state index contributed by atoms with van der Waals surface area (Å²) in [6, 6.07) is -0.658. The van der Waals surface area contributed by atoms with E-state index in [2.05, 4.69) is 21.2 Å². The molecule has 0 aromatic rings. The highest BCUT2D eigenvalue weighted by molar-refractivity contribution is 9.10. The van der Waals surface area contributed by atoms with Crippen molar-refractivity contribution in [1.29, 1.82) is 0 Å². The maximum atomic E-state index is 12.0. The Bertz CT molecular complexity index is 418. The summed E-state index contributed by atoms with van der Waals surface area (Å²) in [7, 11) is 1.37. The first kappa shape index (κ1) is 15.6. The van der Waals surface area contributed by atoms with Crippen molar-refractivity contribution >= 4 is 27.9 Å². The van der Waals surface area contributed by atoms with E-state index in [1.165, 1.54) is 12.0 Å². The van der Waals surface area contributed by atoms with Crippen LogP contribution in [0.15, 0.2) is 0 Å². The van der Waals surface area contributed by atoms with Crippen LogP contribution in [0.4, 0.5) is 4.79 Å². The van der Waals surface area contributed by atoms with Gasteiger partial charge in [-0.15, -0.1) is 0 Å². The number of carbonyl (C=O) groups excluding carboxylic acids is 2. The fraction of sp³-hybridized carbons (Fsp3) is 0.818. The summed E-state index contributed by atoms with van der Waals surface area (Å²) in [5.74, 6) is -0.511. The van der Waals surface area contributed by atoms with Gasteiger partial charge in [0.15, 0.2) is 6.23 Å². The molecule has 2 rings (SSSR count). The SMILES string of the molecule is CO[C@@H]1N([C@H]2C[C@H](O)[C@@H](CO)O2)C(=O)NC(=O)[C@@]1(C)Br. The minimum Gasteiger partial charge on any atom is -0.394 e. The Balaban J connectivity index is 2.25. The number of imide groups is 1. The van der Waals surface area contributed by atoms with Crippen LogP contribution < -0.4 is 5.32 Å². The van der Waals surface area contributed by atoms with E-state index < -0.39 is 40.9 Å². The van der Waals surface area contributed by atoms with Crippen LogP contribution in [0.1, 0.15) is 13.3 Å². The van der Waals surface area contributed by atoms with Crippen molar-refractivity contribution in [2.45, 2.75) is 42.3 Å². The third kappa shape index (κ3) is 2.44. The largest absolute Gasteiger partial charge is 0.394 e. The van der Waals surface area contributed by atoms with Gasteiger partial charge in [0.25, 0.3) is 0 Å². The van der Waals surface area contributed by atoms with E-state index in [4.69, 9.17) is 14.6 Å². The van der Waals surface area contributed by atoms with Gasteiger partial charge in [-0.1, -0.05) is 15.9 Å². The van der Waals surface area contributed by atoms with E-state index in [1.807, 2.05) is 0 Å². The fourth-order valence-electron chi connectivity index (χ4n) is 2.43. The maximum Gasteiger partial charge on any atom is 0.328 e. The van der Waals surface area contributed by atoms with Gasteiger partial charge in [-0.25, -0.2) is 4.79 Å². The second-order valence-corrected chi connectivity index (χ2v) is 6.59. The number of rotatable bonds is 3. The number of nitrogens with one attached hydrogen (secondary N) is 1. The van der Waals surface area contributed by atoms with Gasteiger partial charge < -0.3 is 19.7 Å². The molecule has 0 aromatic heterocycles. The van der Waals surface area contributed by atoms with Gasteiger partial charge in [-0.3, -0.25) is 15.0 Å². The number of hydrogen-bond donors (Lipinski definition) is 3. The van der Waals surface area contributed by atoms with Crippen molar-refractivity contribution in [2.75, 3.05) is 13.7 Å². The molecule has 0 unspecified atom stereocenters. The molecule has 8 nitrogen and oxygen atoms in total. The third-order valence-corrected chi connectivity index (χ3v) is 4.28. The fourth-order valence-corrected chi connectivity index (χ4v) is 2.94. The Morgan fingerprint density at radius 1 is 1.60 bits per heavy atom. The zero-order valence-electron chi connectivity index (χ0n) is 11.1. The molecule has 0 spiro atoms. The predicted octanol–water partition coefficient (Wildman–Crippen LogP) is -0.867. The molecule has 2 aliphatic rings. The second kappa shape index (κ2) is 5.57. The topological polar surface area (TPSA) is 108 Å². The monoisotopic (exact) mass is 352 g/mol. The van der Waals surface area contributed by atoms with E-state index in [9.17, 15) is 14.7 Å². The number of nitrogens with zero attached hydrogens (tertiary/aromatic N) is 1. The molecule has 0 aliphatic carbocycles. The van der Waals surface area contributed by atoms with Gasteiger partial charge in [0.2, 0.25) is 5.91 Å². The number of alkyl halides is 1. The Morgan fingerprint density at radius 2 is 2.25 bits per heavy atom. The van der Waals surface area contributed by atoms with Crippen molar-refractivity contribution in [3.63, 3.8) is 0 Å². The van der Waals surface area contributed by atoms with Crippen molar-refractivity contribution in [3.8, 4) is 0 Å². The first-order chi connectivity index (χ1) is 9.32. The summed E-state index contributed by atoms with van der Waals surface area (Å²) in [5, 5.41) is 21.0. The lowest BCUT2D eigenvalue weighted by Crippen LogP contribution is -2.69. The summed E-state index contributed by atoms with van der Waals surface area (Å²) in [5.41, 5.74) is 0. The van der Waals surface area contributed by atoms with Crippen molar-refractivity contribution in [3.05, 3.63) is 0 Å². The van der Waals surface area contributed by atoms with E-state index in [0.29, 0.717) is 0 Å². The van der Waals surface area contributed by atoms with Crippen molar-refractivity contribution in [1.82, 2.24) is 10.2 Å². The molecule has 2 fully saturated rings. The van der Waals surface area contributed by atoms with Gasteiger partial charge in [0, 0.05) is 13.5 Å². The number of hydrogen-bond acceptors (Lipinski definition) is 6. The first-order valence-corrected chi connectivity index (χ1v) is 6.92. The molecule has 20 heavy (non-hydrogen) atoms. The molecule has 2 aliphatic heterocycles. The minimum atomic E-state index is -1.14. The number of amides is 3. The smallest absolute Gasteiger partial charge is 0.328 e. The molecule has 0 bridgehead atoms. The van der Waals surface area contributed by atoms with Crippen molar-refractivity contribution < 1.29 is 29.3 Å². The highest BCUT2D eigenvalue weighted by atomic mass is 79.9. The van der Waals surface area contributed by atoms with Gasteiger partial charge in [-0.2, -0.15) is 0 Å². The highest BCUT2D eigenvalue weighted by Gasteiger charge is 2.54. The lowest BCUT2D eigenvalue weighted by molar-refractivity contribution is -0.153. The van der Waals surface area contributed by atoms with Crippen LogP contribution in [0, 0.1) is 0 Å². The molecule has 2 saturated heterocycles. The number of urea groups is 1. The van der Waals surface area contributed by atoms with Gasteiger partial charge >= 0.3 is 6.03 Å². The number of aliphatic hydroxyl groups excluding tert-OH is 2. The molecule has 0 aromatic carbocycles. The Morgan fingerprint density at radius 3 is 2.75 bits per heavy atom. The van der Waals surface area contributed by atoms with Gasteiger partial charge in [0.1, 0.15) is 16.7 Å². The normalized spacial score (nSPS) is 42.0. The predicted molar refractivity (Wildman–Crippen MR) is 69.9 cm³/mol. The molecule has 0 saturated carbocycles. The average Bonchev–Trinajstić information content (AvgIpc) is 2.74. The van der Waals surface area contributed by atoms with Crippen LogP contribution >= 0.6 is 15.9 Å². The molecule has 3 N–H and O–H groups in total. The Labute approximate surface area is 124 Å². The molecule has 3 amide bonds. The number of halogens is 1. The minimum absolute atomic E-state index is 0.135. The standard InChI is InChI=1S/C11H17BrN2O6/c1-11(12)8(17)13-10(18)14(9(11)19-2)7-3-5(16)6(4-15)20-7/h5-7,9,15-16H,3-4H2,1-2H3,(H,13,17,18)/t5-,6+,7+,9-,11+/m0/s1. The van der Waals surface area contributed by atoms with Crippen LogP contribution in [0.25, 0.3) is 0 Å². The van der Waals surface area contributed by atoms with E-state index in [-0.39, 0.29) is 13.0 Å². The second-order valence-electron chi connectivity index (χ2n) is 4.95. The van der Waals surface area contributed by atoms with Crippen LogP contribution in [0.5, 0.6) is 0 Å². The zero-order valence-corrected chi connectivity index (χ0v) is 12.7. The molecule has 5 atom stereocenters. The molecule has 114 valence electrons. The molecule has 9 heteroatoms. The summed E-state index contributed by atoms with van der Waals surface area (Å²) >= 11 is 3.25. The average molecular weight is 353 g/mol. The van der Waals surface area contributed by atoms with Gasteiger partial charge in [-0.05, 0) is 6.92 Å². The molecular weight excluding hydrogens is 336 g/mol. The maximum absolute atomic E-state index is 12.0. The van der Waals surface area contributed by atoms with Crippen LogP contribution in [0.3, 0.4) is 0 Å². The number of aliphatic hydroxyl groups is 2. The molecular formula is C11H17BrN2O6. The van der Waals surface area contributed by atoms with Crippen molar-refractivity contribution in [2.24, 2.45) is 0 Å². The summed E-state index contributed by atoms with van der Waals surface area (Å²) in [4.78, 5) is 25.1. The number of ether oxygens (including phenoxy) is 2. The van der Waals surface area contributed by atoms with Gasteiger partial charge in [0.05, 0.1) is 12.7 Å². The molecule has 0 radical (unpaired) electrons. The van der Waals surface area contributed by atoms with E-state index >= 15 is 0 Å². The summed E-state index contributed by atoms with van der Waals surface area (Å²) < 4.78 is 9.56. The van der Waals surface area contributed by atoms with E-state index in [0.717, 1.165) is 0 Å². The summed E-state index contributed by atoms with van der Waals surface area (Å²) in [6.07, 6.45) is -3.18. The van der Waals surface area contributed by atoms with Crippen LogP contribution in [-0.2, 0) is 14.3 Å². The lowest BCUT2D eigenvalue weighted by Gasteiger charge is -2.44. The Kier molecular flexibility index (Phi) is 4.35. The Hall–Kier alpha value is -0.740. The summed E-state index contributed by atoms with van der Waals surface area (Å²) in [6.45, 7) is 1.22. The molecule has 2 heterocycles. The van der Waals surface area contributed by atoms with Crippen LogP contribution in [-0.4, -0.2) is 69.8 Å². The third-order valence-electron chi connectivity index (χ3n) is 3.53. The number of methoxy groups -OCH3 is 1. The quantitative estimate of drug-likeness (QED) is 0.570. The first-order valence-electron chi connectivity index (χ1n) is 6.12. The highest BCUT2D eigenvalue weighted by Crippen LogP contribution is 2.35. The van der Waals surface area contributed by atoms with Crippen LogP contribution in [0.2, 0.25) is 0 Å². The lowest BCUT2D eigenvalue weighted by atomic mass is 10.0. The van der Waals surface area contributed by atoms with E-state index in [1.54, 1.807) is 6.92 Å². The number of carbonyl (C=O) groups is 2. The zero-order chi connectivity index (χ0) is 15.1.